The van der Waals surface area contributed by atoms with Crippen molar-refractivity contribution in [1.29, 1.82) is 0 Å². The highest BCUT2D eigenvalue weighted by Gasteiger charge is 2.15. The van der Waals surface area contributed by atoms with Crippen molar-refractivity contribution >= 4 is 5.78 Å². The summed E-state index contributed by atoms with van der Waals surface area (Å²) in [5.74, 6) is -0.280. The standard InChI is InChI=1S/C10H11O2/c1-2-9(11)10(12)8-6-4-3-5-7-8/h3-7,11H,2H2,1H3. The maximum atomic E-state index is 11.3. The molecule has 63 valence electrons. The molecule has 1 aromatic rings. The first-order valence-corrected chi connectivity index (χ1v) is 3.90. The number of aliphatic hydroxyl groups excluding tert-OH is 1. The fraction of sp³-hybridized carbons (Fsp3) is 0.200. The predicted molar refractivity (Wildman–Crippen MR) is 46.2 cm³/mol. The van der Waals surface area contributed by atoms with Crippen LogP contribution in [0.15, 0.2) is 30.3 Å². The Kier molecular flexibility index (Phi) is 3.00. The second-order valence-corrected chi connectivity index (χ2v) is 2.50. The van der Waals surface area contributed by atoms with Crippen molar-refractivity contribution in [2.45, 2.75) is 13.3 Å². The summed E-state index contributed by atoms with van der Waals surface area (Å²) in [5, 5.41) is 9.15. The van der Waals surface area contributed by atoms with Crippen LogP contribution in [0.4, 0.5) is 0 Å². The molecule has 0 fully saturated rings. The maximum Gasteiger partial charge on any atom is 0.197 e. The fourth-order valence-electron chi connectivity index (χ4n) is 0.917. The average molecular weight is 163 g/mol. The van der Waals surface area contributed by atoms with Crippen molar-refractivity contribution in [3.8, 4) is 0 Å². The van der Waals surface area contributed by atoms with Crippen LogP contribution in [0.2, 0.25) is 0 Å². The summed E-state index contributed by atoms with van der Waals surface area (Å²) in [4.78, 5) is 11.3. The van der Waals surface area contributed by atoms with Crippen LogP contribution in [0, 0.1) is 6.10 Å². The Hall–Kier alpha value is -1.15. The molecule has 0 spiro atoms. The largest absolute Gasteiger partial charge is 0.378 e. The van der Waals surface area contributed by atoms with Crippen LogP contribution in [-0.4, -0.2) is 10.9 Å². The highest BCUT2D eigenvalue weighted by Crippen LogP contribution is 2.10. The molecule has 12 heavy (non-hydrogen) atoms. The lowest BCUT2D eigenvalue weighted by atomic mass is 10.1. The van der Waals surface area contributed by atoms with Crippen LogP contribution in [0.5, 0.6) is 0 Å². The summed E-state index contributed by atoms with van der Waals surface area (Å²) >= 11 is 0. The Balaban J connectivity index is 2.79. The zero-order chi connectivity index (χ0) is 8.97. The molecule has 0 atom stereocenters. The van der Waals surface area contributed by atoms with Gasteiger partial charge in [-0.15, -0.1) is 0 Å². The van der Waals surface area contributed by atoms with Gasteiger partial charge < -0.3 is 5.11 Å². The minimum Gasteiger partial charge on any atom is -0.378 e. The van der Waals surface area contributed by atoms with E-state index in [0.29, 0.717) is 12.0 Å². The first kappa shape index (κ1) is 8.94. The molecular formula is C10H11O2. The van der Waals surface area contributed by atoms with Crippen LogP contribution < -0.4 is 0 Å². The molecule has 0 saturated heterocycles. The van der Waals surface area contributed by atoms with Gasteiger partial charge in [-0.05, 0) is 6.42 Å². The summed E-state index contributed by atoms with van der Waals surface area (Å²) < 4.78 is 0. The fourth-order valence-corrected chi connectivity index (χ4v) is 0.917. The van der Waals surface area contributed by atoms with Crippen molar-refractivity contribution in [2.24, 2.45) is 0 Å². The minimum absolute atomic E-state index is 0.0822. The number of aliphatic hydroxyl groups is 1. The van der Waals surface area contributed by atoms with Gasteiger partial charge in [-0.3, -0.25) is 4.79 Å². The van der Waals surface area contributed by atoms with Gasteiger partial charge in [-0.25, -0.2) is 0 Å². The van der Waals surface area contributed by atoms with E-state index in [1.54, 1.807) is 31.2 Å². The van der Waals surface area contributed by atoms with Crippen molar-refractivity contribution in [3.63, 3.8) is 0 Å². The molecule has 0 amide bonds. The van der Waals surface area contributed by atoms with Gasteiger partial charge in [0.15, 0.2) is 11.9 Å². The van der Waals surface area contributed by atoms with E-state index in [1.165, 1.54) is 0 Å². The Morgan fingerprint density at radius 1 is 1.33 bits per heavy atom. The number of benzene rings is 1. The normalized spacial score (nSPS) is 10.2. The van der Waals surface area contributed by atoms with Crippen molar-refractivity contribution in [2.75, 3.05) is 0 Å². The smallest absolute Gasteiger partial charge is 0.197 e. The summed E-state index contributed by atoms with van der Waals surface area (Å²) in [5.41, 5.74) is 0.539. The van der Waals surface area contributed by atoms with Gasteiger partial charge in [0.25, 0.3) is 0 Å². The van der Waals surface area contributed by atoms with Crippen molar-refractivity contribution in [3.05, 3.63) is 42.0 Å². The zero-order valence-electron chi connectivity index (χ0n) is 6.95. The molecule has 0 aliphatic rings. The Morgan fingerprint density at radius 3 is 2.42 bits per heavy atom. The minimum atomic E-state index is -0.280. The number of rotatable bonds is 3. The Morgan fingerprint density at radius 2 is 1.92 bits per heavy atom. The number of carbonyl (C=O) groups is 1. The third-order valence-corrected chi connectivity index (χ3v) is 1.63. The second-order valence-electron chi connectivity index (χ2n) is 2.50. The van der Waals surface area contributed by atoms with E-state index in [0.717, 1.165) is 0 Å². The quantitative estimate of drug-likeness (QED) is 0.693. The predicted octanol–water partition coefficient (Wildman–Crippen LogP) is 2.18. The third-order valence-electron chi connectivity index (χ3n) is 1.63. The molecule has 0 aromatic heterocycles. The molecule has 1 aromatic carbocycles. The van der Waals surface area contributed by atoms with E-state index in [4.69, 9.17) is 5.11 Å². The van der Waals surface area contributed by atoms with E-state index >= 15 is 0 Å². The SMILES string of the molecule is CC[C](O)C(=O)c1ccccc1. The highest BCUT2D eigenvalue weighted by molar-refractivity contribution is 6.04. The van der Waals surface area contributed by atoms with Gasteiger partial charge in [0, 0.05) is 5.56 Å². The highest BCUT2D eigenvalue weighted by atomic mass is 16.3. The van der Waals surface area contributed by atoms with Crippen LogP contribution >= 0.6 is 0 Å². The molecule has 1 radical (unpaired) electrons. The monoisotopic (exact) mass is 163 g/mol. The number of carbonyl (C=O) groups excluding carboxylic acids is 1. The third kappa shape index (κ3) is 1.92. The van der Waals surface area contributed by atoms with Gasteiger partial charge in [0.1, 0.15) is 0 Å². The summed E-state index contributed by atoms with van der Waals surface area (Å²) in [6.45, 7) is 1.75. The average Bonchev–Trinajstić information content (AvgIpc) is 2.17. The van der Waals surface area contributed by atoms with E-state index < -0.39 is 0 Å². The Bertz CT molecular complexity index is 254. The molecule has 0 unspecified atom stereocenters. The van der Waals surface area contributed by atoms with Gasteiger partial charge >= 0.3 is 0 Å². The van der Waals surface area contributed by atoms with E-state index in [1.807, 2.05) is 6.07 Å². The Labute approximate surface area is 71.8 Å². The lowest BCUT2D eigenvalue weighted by molar-refractivity contribution is 0.0901. The van der Waals surface area contributed by atoms with Gasteiger partial charge in [0.2, 0.25) is 0 Å². The molecule has 0 heterocycles. The molecule has 0 bridgehead atoms. The molecule has 0 aliphatic carbocycles. The van der Waals surface area contributed by atoms with E-state index in [2.05, 4.69) is 0 Å². The van der Waals surface area contributed by atoms with Gasteiger partial charge in [0.05, 0.1) is 0 Å². The van der Waals surface area contributed by atoms with Gasteiger partial charge in [-0.2, -0.15) is 0 Å². The number of hydrogen-bond donors (Lipinski definition) is 1. The van der Waals surface area contributed by atoms with Crippen molar-refractivity contribution in [1.82, 2.24) is 0 Å². The summed E-state index contributed by atoms with van der Waals surface area (Å²) in [6.07, 6.45) is 0.300. The van der Waals surface area contributed by atoms with Crippen molar-refractivity contribution < 1.29 is 9.90 Å². The first-order chi connectivity index (χ1) is 5.75. The van der Waals surface area contributed by atoms with Gasteiger partial charge in [-0.1, -0.05) is 37.3 Å². The molecular weight excluding hydrogens is 152 g/mol. The lowest BCUT2D eigenvalue weighted by Crippen LogP contribution is -2.10. The van der Waals surface area contributed by atoms with Crippen LogP contribution in [0.25, 0.3) is 0 Å². The number of hydrogen-bond acceptors (Lipinski definition) is 2. The molecule has 1 N–H and O–H groups in total. The zero-order valence-corrected chi connectivity index (χ0v) is 6.95. The molecule has 2 nitrogen and oxygen atoms in total. The van der Waals surface area contributed by atoms with Crippen LogP contribution in [0.3, 0.4) is 0 Å². The molecule has 2 heteroatoms. The second kappa shape index (κ2) is 4.02. The number of ketones is 1. The summed E-state index contributed by atoms with van der Waals surface area (Å²) in [6, 6.07) is 8.76. The maximum absolute atomic E-state index is 11.3. The van der Waals surface area contributed by atoms with Crippen LogP contribution in [-0.2, 0) is 0 Å². The lowest BCUT2D eigenvalue weighted by Gasteiger charge is -2.03. The number of Topliss-reactive ketones (excluding diaryl/α,β-unsaturated/α-hetero) is 1. The van der Waals surface area contributed by atoms with Crippen LogP contribution in [0.1, 0.15) is 23.7 Å². The van der Waals surface area contributed by atoms with E-state index in [-0.39, 0.29) is 11.9 Å². The molecule has 0 aliphatic heterocycles. The first-order valence-electron chi connectivity index (χ1n) is 3.90. The summed E-state index contributed by atoms with van der Waals surface area (Å²) in [7, 11) is 0. The molecule has 0 saturated carbocycles. The van der Waals surface area contributed by atoms with E-state index in [9.17, 15) is 4.79 Å². The molecule has 1 rings (SSSR count). The topological polar surface area (TPSA) is 37.3 Å².